The molecule has 0 aliphatic carbocycles. The van der Waals surface area contributed by atoms with Crippen molar-refractivity contribution in [3.05, 3.63) is 23.8 Å². The van der Waals surface area contributed by atoms with E-state index in [1.54, 1.807) is 25.3 Å². The summed E-state index contributed by atoms with van der Waals surface area (Å²) in [5.41, 5.74) is 5.82. The van der Waals surface area contributed by atoms with E-state index in [9.17, 15) is 4.79 Å². The van der Waals surface area contributed by atoms with Crippen molar-refractivity contribution in [2.75, 3.05) is 12.8 Å². The molecule has 1 aromatic carbocycles. The van der Waals surface area contributed by atoms with E-state index in [0.717, 1.165) is 4.70 Å². The van der Waals surface area contributed by atoms with Crippen molar-refractivity contribution in [2.24, 2.45) is 0 Å². The summed E-state index contributed by atoms with van der Waals surface area (Å²) in [6.07, 6.45) is 0. The van der Waals surface area contributed by atoms with Gasteiger partial charge in [-0.15, -0.1) is 11.3 Å². The van der Waals surface area contributed by atoms with Gasteiger partial charge < -0.3 is 15.6 Å². The number of nitrogen functional groups attached to an aromatic ring is 1. The molecule has 2 rings (SSSR count). The molecule has 0 saturated heterocycles. The molecule has 4 nitrogen and oxygen atoms in total. The number of carbonyl (C=O) groups is 1. The van der Waals surface area contributed by atoms with Crippen LogP contribution in [0.2, 0.25) is 0 Å². The fourth-order valence-corrected chi connectivity index (χ4v) is 2.54. The highest BCUT2D eigenvalue weighted by Crippen LogP contribution is 2.38. The van der Waals surface area contributed by atoms with E-state index in [0.29, 0.717) is 16.1 Å². The van der Waals surface area contributed by atoms with Crippen LogP contribution in [0.5, 0.6) is 5.75 Å². The summed E-state index contributed by atoms with van der Waals surface area (Å²) in [6, 6.07) is 5.26. The smallest absolute Gasteiger partial charge is 0.339 e. The van der Waals surface area contributed by atoms with Gasteiger partial charge in [-0.25, -0.2) is 4.79 Å². The molecule has 3 N–H and O–H groups in total. The Morgan fingerprint density at radius 1 is 1.53 bits per heavy atom. The van der Waals surface area contributed by atoms with Crippen LogP contribution >= 0.6 is 11.3 Å². The lowest BCUT2D eigenvalue weighted by molar-refractivity contribution is 0.0700. The van der Waals surface area contributed by atoms with Crippen LogP contribution in [0.3, 0.4) is 0 Å². The first-order chi connectivity index (χ1) is 7.15. The average molecular weight is 223 g/mol. The number of methoxy groups -OCH3 is 1. The maximum atomic E-state index is 11.0. The number of aromatic carboxylic acids is 1. The van der Waals surface area contributed by atoms with Gasteiger partial charge in [-0.1, -0.05) is 12.1 Å². The Balaban J connectivity index is 2.84. The summed E-state index contributed by atoms with van der Waals surface area (Å²) in [5.74, 6) is -0.358. The van der Waals surface area contributed by atoms with Crippen molar-refractivity contribution in [1.29, 1.82) is 0 Å². The van der Waals surface area contributed by atoms with Gasteiger partial charge in [-0.3, -0.25) is 0 Å². The fourth-order valence-electron chi connectivity index (χ4n) is 1.49. The maximum Gasteiger partial charge on any atom is 0.339 e. The maximum absolute atomic E-state index is 11.0. The third-order valence-corrected chi connectivity index (χ3v) is 3.19. The van der Waals surface area contributed by atoms with Gasteiger partial charge >= 0.3 is 5.97 Å². The molecule has 15 heavy (non-hydrogen) atoms. The zero-order valence-electron chi connectivity index (χ0n) is 7.98. The number of thiophene rings is 1. The second-order valence-corrected chi connectivity index (χ2v) is 4.04. The van der Waals surface area contributed by atoms with Gasteiger partial charge in [0.25, 0.3) is 0 Å². The van der Waals surface area contributed by atoms with E-state index in [1.165, 1.54) is 11.3 Å². The number of hydrogen-bond donors (Lipinski definition) is 2. The lowest BCUT2D eigenvalue weighted by atomic mass is 10.1. The lowest BCUT2D eigenvalue weighted by Crippen LogP contribution is -1.98. The van der Waals surface area contributed by atoms with Crippen molar-refractivity contribution in [3.63, 3.8) is 0 Å². The van der Waals surface area contributed by atoms with Crippen LogP contribution in [0, 0.1) is 0 Å². The Hall–Kier alpha value is -1.75. The molecule has 78 valence electrons. The van der Waals surface area contributed by atoms with Crippen LogP contribution in [-0.2, 0) is 0 Å². The average Bonchev–Trinajstić information content (AvgIpc) is 2.53. The molecule has 0 aliphatic heterocycles. The molecule has 0 unspecified atom stereocenters. The summed E-state index contributed by atoms with van der Waals surface area (Å²) in [6.45, 7) is 0. The number of fused-ring (bicyclic) bond motifs is 1. The number of ether oxygens (including phenoxy) is 1. The Bertz CT molecular complexity index is 533. The second-order valence-electron chi connectivity index (χ2n) is 2.98. The highest BCUT2D eigenvalue weighted by molar-refractivity contribution is 7.23. The first-order valence-electron chi connectivity index (χ1n) is 4.23. The second kappa shape index (κ2) is 3.43. The molecule has 2 aromatic rings. The molecular formula is C10H9NO3S. The van der Waals surface area contributed by atoms with Crippen LogP contribution in [0.4, 0.5) is 5.00 Å². The monoisotopic (exact) mass is 223 g/mol. The third kappa shape index (κ3) is 1.41. The van der Waals surface area contributed by atoms with E-state index < -0.39 is 5.97 Å². The summed E-state index contributed by atoms with van der Waals surface area (Å²) in [7, 11) is 1.55. The normalized spacial score (nSPS) is 10.5. The quantitative estimate of drug-likeness (QED) is 0.818. The molecule has 0 bridgehead atoms. The molecule has 0 radical (unpaired) electrons. The molecule has 5 heteroatoms. The molecule has 0 atom stereocenters. The number of rotatable bonds is 2. The van der Waals surface area contributed by atoms with Crippen LogP contribution < -0.4 is 10.5 Å². The summed E-state index contributed by atoms with van der Waals surface area (Å²) in [4.78, 5) is 11.0. The number of benzene rings is 1. The van der Waals surface area contributed by atoms with Crippen LogP contribution in [0.15, 0.2) is 18.2 Å². The van der Waals surface area contributed by atoms with E-state index in [2.05, 4.69) is 0 Å². The Labute approximate surface area is 89.9 Å². The minimum Gasteiger partial charge on any atom is -0.495 e. The van der Waals surface area contributed by atoms with Crippen LogP contribution in [-0.4, -0.2) is 18.2 Å². The lowest BCUT2D eigenvalue weighted by Gasteiger charge is -1.99. The minimum atomic E-state index is -1.01. The number of carboxylic acid groups (broad SMARTS) is 1. The molecule has 0 saturated carbocycles. The van der Waals surface area contributed by atoms with Gasteiger partial charge in [0.1, 0.15) is 16.3 Å². The van der Waals surface area contributed by atoms with Crippen molar-refractivity contribution < 1.29 is 14.6 Å². The van der Waals surface area contributed by atoms with Crippen LogP contribution in [0.1, 0.15) is 10.4 Å². The van der Waals surface area contributed by atoms with Gasteiger partial charge in [-0.05, 0) is 6.07 Å². The van der Waals surface area contributed by atoms with Gasteiger partial charge in [-0.2, -0.15) is 0 Å². The highest BCUT2D eigenvalue weighted by atomic mass is 32.1. The first-order valence-corrected chi connectivity index (χ1v) is 5.05. The molecule has 1 aromatic heterocycles. The van der Waals surface area contributed by atoms with Crippen molar-refractivity contribution in [1.82, 2.24) is 0 Å². The van der Waals surface area contributed by atoms with Crippen LogP contribution in [0.25, 0.3) is 10.1 Å². The van der Waals surface area contributed by atoms with E-state index in [4.69, 9.17) is 15.6 Å². The standard InChI is InChI=1S/C10H9NO3S/c1-14-6-4-2-3-5-7(10(12)13)9(11)15-8(5)6/h2-4H,11H2,1H3,(H,12,13). The van der Waals surface area contributed by atoms with Gasteiger partial charge in [0.2, 0.25) is 0 Å². The summed E-state index contributed by atoms with van der Waals surface area (Å²) in [5, 5.41) is 9.94. The Kier molecular flexibility index (Phi) is 2.24. The molecule has 0 fully saturated rings. The van der Waals surface area contributed by atoms with E-state index in [-0.39, 0.29) is 5.56 Å². The zero-order valence-corrected chi connectivity index (χ0v) is 8.80. The Morgan fingerprint density at radius 2 is 2.27 bits per heavy atom. The van der Waals surface area contributed by atoms with Gasteiger partial charge in [0.05, 0.1) is 11.8 Å². The highest BCUT2D eigenvalue weighted by Gasteiger charge is 2.18. The summed E-state index contributed by atoms with van der Waals surface area (Å²) >= 11 is 1.23. The van der Waals surface area contributed by atoms with Gasteiger partial charge in [0, 0.05) is 5.39 Å². The fraction of sp³-hybridized carbons (Fsp3) is 0.100. The number of hydrogen-bond acceptors (Lipinski definition) is 4. The predicted molar refractivity (Wildman–Crippen MR) is 59.7 cm³/mol. The predicted octanol–water partition coefficient (Wildman–Crippen LogP) is 2.19. The molecule has 0 aliphatic rings. The SMILES string of the molecule is COc1cccc2c(C(=O)O)c(N)sc12. The number of carboxylic acids is 1. The number of anilines is 1. The van der Waals surface area contributed by atoms with Gasteiger partial charge in [0.15, 0.2) is 0 Å². The third-order valence-electron chi connectivity index (χ3n) is 2.14. The summed E-state index contributed by atoms with van der Waals surface area (Å²) < 4.78 is 5.91. The van der Waals surface area contributed by atoms with E-state index in [1.807, 2.05) is 0 Å². The molecule has 0 spiro atoms. The molecule has 1 heterocycles. The largest absolute Gasteiger partial charge is 0.495 e. The van der Waals surface area contributed by atoms with Crippen molar-refractivity contribution in [3.8, 4) is 5.75 Å². The zero-order chi connectivity index (χ0) is 11.0. The number of nitrogens with two attached hydrogens (primary N) is 1. The first kappa shape index (κ1) is 9.79. The van der Waals surface area contributed by atoms with E-state index >= 15 is 0 Å². The molecular weight excluding hydrogens is 214 g/mol. The van der Waals surface area contributed by atoms with Crippen molar-refractivity contribution in [2.45, 2.75) is 0 Å². The Morgan fingerprint density at radius 3 is 2.87 bits per heavy atom. The molecule has 0 amide bonds. The topological polar surface area (TPSA) is 72.5 Å². The minimum absolute atomic E-state index is 0.161. The van der Waals surface area contributed by atoms with Crippen molar-refractivity contribution >= 4 is 32.4 Å².